The predicted molar refractivity (Wildman–Crippen MR) is 81.7 cm³/mol. The third kappa shape index (κ3) is 2.77. The van der Waals surface area contributed by atoms with E-state index in [1.807, 2.05) is 20.8 Å². The number of allylic oxidation sites excluding steroid dienone is 2. The Balaban J connectivity index is 1.39. The number of hydrogen-bond donors (Lipinski definition) is 0. The lowest BCUT2D eigenvalue weighted by molar-refractivity contribution is -0.156. The van der Waals surface area contributed by atoms with Crippen LogP contribution in [0.5, 0.6) is 0 Å². The molecule has 0 aromatic carbocycles. The van der Waals surface area contributed by atoms with Crippen molar-refractivity contribution in [1.29, 1.82) is 0 Å². The van der Waals surface area contributed by atoms with Crippen molar-refractivity contribution in [3.05, 3.63) is 12.2 Å². The van der Waals surface area contributed by atoms with E-state index in [1.54, 1.807) is 0 Å². The van der Waals surface area contributed by atoms with Crippen molar-refractivity contribution >= 4 is 5.97 Å². The molecule has 3 nitrogen and oxygen atoms in total. The molecule has 5 unspecified atom stereocenters. The zero-order valence-corrected chi connectivity index (χ0v) is 13.5. The van der Waals surface area contributed by atoms with E-state index in [4.69, 9.17) is 9.47 Å². The Kier molecular flexibility index (Phi) is 4.13. The molecule has 0 aromatic heterocycles. The summed E-state index contributed by atoms with van der Waals surface area (Å²) in [6.45, 7) is 6.80. The van der Waals surface area contributed by atoms with Gasteiger partial charge >= 0.3 is 5.97 Å². The molecule has 0 heterocycles. The van der Waals surface area contributed by atoms with Gasteiger partial charge in [-0.2, -0.15) is 0 Å². The van der Waals surface area contributed by atoms with Gasteiger partial charge in [-0.15, -0.1) is 0 Å². The highest BCUT2D eigenvalue weighted by molar-refractivity contribution is 5.75. The summed E-state index contributed by atoms with van der Waals surface area (Å²) in [6, 6.07) is 0. The number of rotatable bonds is 6. The molecule has 0 saturated heterocycles. The van der Waals surface area contributed by atoms with E-state index in [-0.39, 0.29) is 11.4 Å². The molecule has 0 N–H and O–H groups in total. The Hall–Kier alpha value is -0.830. The van der Waals surface area contributed by atoms with Gasteiger partial charge in [0.15, 0.2) is 0 Å². The maximum atomic E-state index is 11.9. The molecule has 3 heteroatoms. The normalized spacial score (nSPS) is 37.0. The van der Waals surface area contributed by atoms with E-state index in [0.717, 1.165) is 24.2 Å². The highest BCUT2D eigenvalue weighted by Gasteiger charge is 2.52. The van der Waals surface area contributed by atoms with E-state index >= 15 is 0 Å². The lowest BCUT2D eigenvalue weighted by Gasteiger charge is -2.31. The number of hydrogen-bond acceptors (Lipinski definition) is 3. The average Bonchev–Trinajstić information content (AvgIpc) is 3.14. The summed E-state index contributed by atoms with van der Waals surface area (Å²) in [5.74, 6) is 3.12. The molecule has 0 spiro atoms. The standard InChI is InChI=1S/C18H28O3/c1-4-18(2,3)17(19)21-9-8-20-16-11-12-10-15(16)14-7-5-6-13(12)14/h5,7,12-16H,4,6,8-11H2,1-3H3. The monoisotopic (exact) mass is 292 g/mol. The lowest BCUT2D eigenvalue weighted by Crippen LogP contribution is -2.32. The maximum Gasteiger partial charge on any atom is 0.311 e. The van der Waals surface area contributed by atoms with Gasteiger partial charge in [0.25, 0.3) is 0 Å². The first-order valence-corrected chi connectivity index (χ1v) is 8.48. The molecular weight excluding hydrogens is 264 g/mol. The van der Waals surface area contributed by atoms with Crippen LogP contribution in [0.1, 0.15) is 46.5 Å². The summed E-state index contributed by atoms with van der Waals surface area (Å²) in [5.41, 5.74) is -0.381. The van der Waals surface area contributed by atoms with Crippen molar-refractivity contribution < 1.29 is 14.3 Å². The van der Waals surface area contributed by atoms with Crippen LogP contribution in [0.15, 0.2) is 12.2 Å². The van der Waals surface area contributed by atoms with Crippen molar-refractivity contribution in [2.45, 2.75) is 52.6 Å². The third-order valence-electron chi connectivity index (χ3n) is 6.03. The Morgan fingerprint density at radius 3 is 2.81 bits per heavy atom. The second-order valence-corrected chi connectivity index (χ2v) is 7.58. The summed E-state index contributed by atoms with van der Waals surface area (Å²) in [4.78, 5) is 11.9. The highest BCUT2D eigenvalue weighted by Crippen LogP contribution is 2.57. The first-order chi connectivity index (χ1) is 10.0. The molecule has 0 radical (unpaired) electrons. The molecule has 0 aliphatic heterocycles. The summed E-state index contributed by atoms with van der Waals surface area (Å²) < 4.78 is 11.4. The number of carbonyl (C=O) groups is 1. The van der Waals surface area contributed by atoms with E-state index in [9.17, 15) is 4.79 Å². The molecule has 0 amide bonds. The molecule has 5 atom stereocenters. The fraction of sp³-hybridized carbons (Fsp3) is 0.833. The number of ether oxygens (including phenoxy) is 2. The van der Waals surface area contributed by atoms with Crippen LogP contribution in [0, 0.1) is 29.1 Å². The van der Waals surface area contributed by atoms with Crippen LogP contribution in [0.2, 0.25) is 0 Å². The Labute approximate surface area is 128 Å². The van der Waals surface area contributed by atoms with Crippen LogP contribution in [0.3, 0.4) is 0 Å². The van der Waals surface area contributed by atoms with E-state index in [0.29, 0.717) is 25.2 Å². The second kappa shape index (κ2) is 5.75. The molecule has 118 valence electrons. The molecular formula is C18H28O3. The predicted octanol–water partition coefficient (Wildman–Crippen LogP) is 3.58. The Morgan fingerprint density at radius 1 is 1.24 bits per heavy atom. The van der Waals surface area contributed by atoms with Crippen molar-refractivity contribution in [1.82, 2.24) is 0 Å². The fourth-order valence-corrected chi connectivity index (χ4v) is 4.35. The maximum absolute atomic E-state index is 11.9. The van der Waals surface area contributed by atoms with Crippen molar-refractivity contribution in [2.75, 3.05) is 13.2 Å². The smallest absolute Gasteiger partial charge is 0.311 e. The molecule has 3 rings (SSSR count). The zero-order valence-electron chi connectivity index (χ0n) is 13.5. The van der Waals surface area contributed by atoms with Crippen molar-refractivity contribution in [2.24, 2.45) is 29.1 Å². The van der Waals surface area contributed by atoms with Gasteiger partial charge in [0.2, 0.25) is 0 Å². The van der Waals surface area contributed by atoms with Crippen LogP contribution in [0.4, 0.5) is 0 Å². The van der Waals surface area contributed by atoms with Crippen LogP contribution in [0.25, 0.3) is 0 Å². The molecule has 3 aliphatic carbocycles. The summed E-state index contributed by atoms with van der Waals surface area (Å²) >= 11 is 0. The van der Waals surface area contributed by atoms with Crippen LogP contribution < -0.4 is 0 Å². The molecule has 2 fully saturated rings. The van der Waals surface area contributed by atoms with Gasteiger partial charge in [-0.05, 0) is 63.2 Å². The van der Waals surface area contributed by atoms with Gasteiger partial charge in [-0.1, -0.05) is 19.1 Å². The zero-order chi connectivity index (χ0) is 15.0. The lowest BCUT2D eigenvalue weighted by atomic mass is 9.80. The van der Waals surface area contributed by atoms with Gasteiger partial charge in [0, 0.05) is 0 Å². The molecule has 0 aromatic rings. The topological polar surface area (TPSA) is 35.5 Å². The number of fused-ring (bicyclic) bond motifs is 5. The fourth-order valence-electron chi connectivity index (χ4n) is 4.35. The van der Waals surface area contributed by atoms with E-state index < -0.39 is 0 Å². The Morgan fingerprint density at radius 2 is 2.05 bits per heavy atom. The molecule has 2 saturated carbocycles. The van der Waals surface area contributed by atoms with E-state index in [2.05, 4.69) is 12.2 Å². The van der Waals surface area contributed by atoms with Crippen LogP contribution in [-0.2, 0) is 14.3 Å². The van der Waals surface area contributed by atoms with E-state index in [1.165, 1.54) is 19.3 Å². The first kappa shape index (κ1) is 15.1. The second-order valence-electron chi connectivity index (χ2n) is 7.58. The summed E-state index contributed by atoms with van der Waals surface area (Å²) in [5, 5.41) is 0. The highest BCUT2D eigenvalue weighted by atomic mass is 16.6. The summed E-state index contributed by atoms with van der Waals surface area (Å²) in [7, 11) is 0. The number of esters is 1. The molecule has 21 heavy (non-hydrogen) atoms. The summed E-state index contributed by atoms with van der Waals surface area (Å²) in [6.07, 6.45) is 9.78. The third-order valence-corrected chi connectivity index (χ3v) is 6.03. The molecule has 2 bridgehead atoms. The van der Waals surface area contributed by atoms with Gasteiger partial charge in [-0.3, -0.25) is 4.79 Å². The minimum absolute atomic E-state index is 0.111. The quantitative estimate of drug-likeness (QED) is 0.426. The minimum Gasteiger partial charge on any atom is -0.463 e. The van der Waals surface area contributed by atoms with Gasteiger partial charge in [-0.25, -0.2) is 0 Å². The van der Waals surface area contributed by atoms with Gasteiger partial charge in [0.05, 0.1) is 18.1 Å². The van der Waals surface area contributed by atoms with Gasteiger partial charge in [0.1, 0.15) is 6.61 Å². The Bertz CT molecular complexity index is 426. The van der Waals surface area contributed by atoms with Gasteiger partial charge < -0.3 is 9.47 Å². The minimum atomic E-state index is -0.381. The van der Waals surface area contributed by atoms with Crippen molar-refractivity contribution in [3.63, 3.8) is 0 Å². The number of carbonyl (C=O) groups excluding carboxylic acids is 1. The molecule has 3 aliphatic rings. The van der Waals surface area contributed by atoms with Crippen molar-refractivity contribution in [3.8, 4) is 0 Å². The SMILES string of the molecule is CCC(C)(C)C(=O)OCCOC1CC2CC1C1C=CCC21. The largest absolute Gasteiger partial charge is 0.463 e. The van der Waals surface area contributed by atoms with Crippen LogP contribution in [-0.4, -0.2) is 25.3 Å². The first-order valence-electron chi connectivity index (χ1n) is 8.48. The van der Waals surface area contributed by atoms with Crippen LogP contribution >= 0.6 is 0 Å². The average molecular weight is 292 g/mol.